The van der Waals surface area contributed by atoms with Gasteiger partial charge in [0, 0.05) is 53.4 Å². The van der Waals surface area contributed by atoms with Crippen LogP contribution in [0.1, 0.15) is 56.1 Å². The Bertz CT molecular complexity index is 940. The van der Waals surface area contributed by atoms with Crippen molar-refractivity contribution in [1.29, 1.82) is 0 Å². The van der Waals surface area contributed by atoms with E-state index in [0.717, 1.165) is 44.3 Å². The number of H-pyrrole nitrogens is 1. The lowest BCUT2D eigenvalue weighted by Crippen LogP contribution is -2.49. The highest BCUT2D eigenvalue weighted by molar-refractivity contribution is 5.94. The number of hydrogen-bond donors (Lipinski definition) is 2. The Kier molecular flexibility index (Phi) is 4.54. The summed E-state index contributed by atoms with van der Waals surface area (Å²) in [6, 6.07) is 7.35. The van der Waals surface area contributed by atoms with Gasteiger partial charge >= 0.3 is 0 Å². The van der Waals surface area contributed by atoms with E-state index in [4.69, 9.17) is 0 Å². The third kappa shape index (κ3) is 2.98. The molecule has 1 fully saturated rings. The van der Waals surface area contributed by atoms with Crippen LogP contribution in [0.4, 0.5) is 0 Å². The molecule has 1 saturated heterocycles. The van der Waals surface area contributed by atoms with Gasteiger partial charge in [-0.25, -0.2) is 0 Å². The Morgan fingerprint density at radius 2 is 2.14 bits per heavy atom. The van der Waals surface area contributed by atoms with Crippen molar-refractivity contribution in [3.8, 4) is 0 Å². The Balaban J connectivity index is 1.37. The second-order valence-corrected chi connectivity index (χ2v) is 9.10. The summed E-state index contributed by atoms with van der Waals surface area (Å²) in [5.41, 5.74) is 6.57. The molecule has 4 heteroatoms. The van der Waals surface area contributed by atoms with Crippen molar-refractivity contribution >= 4 is 16.7 Å². The molecule has 1 aromatic carbocycles. The summed E-state index contributed by atoms with van der Waals surface area (Å²) >= 11 is 0. The third-order valence-electron chi connectivity index (χ3n) is 7.31. The number of benzene rings is 1. The zero-order valence-corrected chi connectivity index (χ0v) is 17.1. The van der Waals surface area contributed by atoms with Crippen molar-refractivity contribution in [2.75, 3.05) is 20.1 Å². The van der Waals surface area contributed by atoms with E-state index in [9.17, 15) is 4.79 Å². The van der Waals surface area contributed by atoms with E-state index in [1.807, 2.05) is 0 Å². The lowest BCUT2D eigenvalue weighted by Gasteiger charge is -2.45. The van der Waals surface area contributed by atoms with Gasteiger partial charge in [-0.1, -0.05) is 12.1 Å². The smallest absolute Gasteiger partial charge is 0.157 e. The predicted octanol–water partition coefficient (Wildman–Crippen LogP) is 4.13. The summed E-state index contributed by atoms with van der Waals surface area (Å²) < 4.78 is 0. The van der Waals surface area contributed by atoms with Gasteiger partial charge in [-0.3, -0.25) is 4.79 Å². The number of likely N-dealkylation sites (N-methyl/N-ethyl adjacent to an activating group) is 1. The highest BCUT2D eigenvalue weighted by atomic mass is 16.1. The standard InChI is InChI=1S/C24H31N3O/c1-15(28)18-6-3-4-8-21(18)25-12-16-10-20-19-7-5-9-22-24(19)17(13-26-22)11-23(20)27(2)14-16/h5,7,9,13,16,20,23,25-26H,3-4,6,8,10-12,14H2,1-2H3/t16?,20?,23-/m1/s1. The molecule has 3 aliphatic rings. The molecule has 2 aromatic rings. The quantitative estimate of drug-likeness (QED) is 0.842. The second-order valence-electron chi connectivity index (χ2n) is 9.10. The number of allylic oxidation sites excluding steroid dienone is 2. The zero-order valence-electron chi connectivity index (χ0n) is 17.1. The average Bonchev–Trinajstić information content (AvgIpc) is 3.12. The van der Waals surface area contributed by atoms with Crippen molar-refractivity contribution in [3.05, 3.63) is 46.8 Å². The fourth-order valence-corrected chi connectivity index (χ4v) is 5.96. The molecule has 1 aliphatic heterocycles. The van der Waals surface area contributed by atoms with E-state index in [2.05, 4.69) is 46.6 Å². The summed E-state index contributed by atoms with van der Waals surface area (Å²) in [5.74, 6) is 1.47. The van der Waals surface area contributed by atoms with Crippen LogP contribution in [0, 0.1) is 5.92 Å². The van der Waals surface area contributed by atoms with Crippen LogP contribution in [0.5, 0.6) is 0 Å². The van der Waals surface area contributed by atoms with Crippen molar-refractivity contribution in [2.45, 2.75) is 57.4 Å². The first-order chi connectivity index (χ1) is 13.6. The number of nitrogens with zero attached hydrogens (tertiary/aromatic N) is 1. The molecule has 4 nitrogen and oxygen atoms in total. The van der Waals surface area contributed by atoms with Crippen LogP contribution in [0.25, 0.3) is 10.9 Å². The first kappa shape index (κ1) is 18.0. The average molecular weight is 378 g/mol. The third-order valence-corrected chi connectivity index (χ3v) is 7.31. The van der Waals surface area contributed by atoms with Crippen LogP contribution >= 0.6 is 0 Å². The van der Waals surface area contributed by atoms with Gasteiger partial charge in [0.25, 0.3) is 0 Å². The molecule has 28 heavy (non-hydrogen) atoms. The number of likely N-dealkylation sites (tertiary alicyclic amines) is 1. The summed E-state index contributed by atoms with van der Waals surface area (Å²) in [4.78, 5) is 18.0. The van der Waals surface area contributed by atoms with E-state index in [1.165, 1.54) is 40.6 Å². The van der Waals surface area contributed by atoms with Gasteiger partial charge in [0.15, 0.2) is 5.78 Å². The molecule has 0 amide bonds. The van der Waals surface area contributed by atoms with Crippen molar-refractivity contribution in [3.63, 3.8) is 0 Å². The fourth-order valence-electron chi connectivity index (χ4n) is 5.96. The number of carbonyl (C=O) groups excluding carboxylic acids is 1. The van der Waals surface area contributed by atoms with E-state index in [-0.39, 0.29) is 5.78 Å². The van der Waals surface area contributed by atoms with E-state index < -0.39 is 0 Å². The molecular formula is C24H31N3O. The number of Topliss-reactive ketones (excluding diaryl/α,β-unsaturated/α-hetero) is 1. The number of aromatic nitrogens is 1. The molecule has 2 N–H and O–H groups in total. The summed E-state index contributed by atoms with van der Waals surface area (Å²) in [7, 11) is 2.29. The normalized spacial score (nSPS) is 27.7. The molecule has 5 rings (SSSR count). The van der Waals surface area contributed by atoms with Gasteiger partial charge in [-0.05, 0) is 75.6 Å². The van der Waals surface area contributed by atoms with E-state index in [1.54, 1.807) is 6.92 Å². The lowest BCUT2D eigenvalue weighted by atomic mass is 9.72. The monoisotopic (exact) mass is 377 g/mol. The van der Waals surface area contributed by atoms with Crippen LogP contribution in [-0.2, 0) is 11.2 Å². The van der Waals surface area contributed by atoms with E-state index in [0.29, 0.717) is 17.9 Å². The topological polar surface area (TPSA) is 48.1 Å². The van der Waals surface area contributed by atoms with Gasteiger partial charge in [0.1, 0.15) is 0 Å². The molecule has 0 saturated carbocycles. The number of hydrogen-bond acceptors (Lipinski definition) is 3. The van der Waals surface area contributed by atoms with Gasteiger partial charge in [-0.2, -0.15) is 0 Å². The number of piperidine rings is 1. The second kappa shape index (κ2) is 7.07. The highest BCUT2D eigenvalue weighted by Gasteiger charge is 2.39. The molecule has 2 unspecified atom stereocenters. The molecule has 0 spiro atoms. The van der Waals surface area contributed by atoms with E-state index >= 15 is 0 Å². The largest absolute Gasteiger partial charge is 0.388 e. The number of aromatic amines is 1. The summed E-state index contributed by atoms with van der Waals surface area (Å²) in [5, 5.41) is 5.18. The van der Waals surface area contributed by atoms with Crippen molar-refractivity contribution < 1.29 is 4.79 Å². The summed E-state index contributed by atoms with van der Waals surface area (Å²) in [6.07, 6.45) is 8.93. The van der Waals surface area contributed by atoms with Crippen molar-refractivity contribution in [2.24, 2.45) is 5.92 Å². The molecule has 2 aliphatic carbocycles. The molecule has 0 bridgehead atoms. The van der Waals surface area contributed by atoms with Crippen LogP contribution in [0.15, 0.2) is 35.7 Å². The minimum absolute atomic E-state index is 0.252. The minimum Gasteiger partial charge on any atom is -0.388 e. The first-order valence-corrected chi connectivity index (χ1v) is 10.9. The van der Waals surface area contributed by atoms with Gasteiger partial charge in [-0.15, -0.1) is 0 Å². The number of ketones is 1. The minimum atomic E-state index is 0.252. The molecular weight excluding hydrogens is 346 g/mol. The molecule has 148 valence electrons. The molecule has 1 aromatic heterocycles. The van der Waals surface area contributed by atoms with Crippen LogP contribution < -0.4 is 5.32 Å². The lowest BCUT2D eigenvalue weighted by molar-refractivity contribution is -0.113. The predicted molar refractivity (Wildman–Crippen MR) is 113 cm³/mol. The number of rotatable bonds is 4. The number of nitrogens with one attached hydrogen (secondary N) is 2. The summed E-state index contributed by atoms with van der Waals surface area (Å²) in [6.45, 7) is 3.83. The van der Waals surface area contributed by atoms with Gasteiger partial charge < -0.3 is 15.2 Å². The molecule has 0 radical (unpaired) electrons. The first-order valence-electron chi connectivity index (χ1n) is 10.9. The van der Waals surface area contributed by atoms with Crippen LogP contribution in [-0.4, -0.2) is 41.8 Å². The van der Waals surface area contributed by atoms with Crippen LogP contribution in [0.2, 0.25) is 0 Å². The Labute approximate surface area is 167 Å². The maximum Gasteiger partial charge on any atom is 0.157 e. The maximum atomic E-state index is 12.0. The van der Waals surface area contributed by atoms with Crippen molar-refractivity contribution in [1.82, 2.24) is 15.2 Å². The molecule has 2 heterocycles. The van der Waals surface area contributed by atoms with Gasteiger partial charge in [0.2, 0.25) is 0 Å². The molecule has 3 atom stereocenters. The maximum absolute atomic E-state index is 12.0. The Morgan fingerprint density at radius 1 is 1.29 bits per heavy atom. The van der Waals surface area contributed by atoms with Crippen LogP contribution in [0.3, 0.4) is 0 Å². The zero-order chi connectivity index (χ0) is 19.3. The fraction of sp³-hybridized carbons (Fsp3) is 0.542. The SMILES string of the molecule is CC(=O)C1=C(NCC2CC3c4cccc5[nH]cc(c45)C[C@H]3N(C)C2)CCCC1. The number of carbonyl (C=O) groups is 1. The Hall–Kier alpha value is -2.07. The number of fused-ring (bicyclic) bond motifs is 2. The highest BCUT2D eigenvalue weighted by Crippen LogP contribution is 2.44. The Morgan fingerprint density at radius 3 is 3.00 bits per heavy atom. The van der Waals surface area contributed by atoms with Gasteiger partial charge in [0.05, 0.1) is 0 Å².